The molecular formula is C18H20ClNO. The van der Waals surface area contributed by atoms with Gasteiger partial charge in [-0.2, -0.15) is 0 Å². The summed E-state index contributed by atoms with van der Waals surface area (Å²) in [4.78, 5) is 0. The lowest BCUT2D eigenvalue weighted by Gasteiger charge is -2.28. The van der Waals surface area contributed by atoms with Crippen LogP contribution in [0, 0.1) is 6.92 Å². The fourth-order valence-electron chi connectivity index (χ4n) is 3.02. The molecule has 2 N–H and O–H groups in total. The van der Waals surface area contributed by atoms with E-state index in [-0.39, 0.29) is 12.1 Å². The number of nitrogens with two attached hydrogens (primary N) is 1. The number of aryl methyl sites for hydroxylation is 1. The fourth-order valence-corrected chi connectivity index (χ4v) is 3.32. The summed E-state index contributed by atoms with van der Waals surface area (Å²) in [6, 6.07) is 14.4. The van der Waals surface area contributed by atoms with E-state index < -0.39 is 0 Å². The molecule has 1 heterocycles. The van der Waals surface area contributed by atoms with Crippen LogP contribution < -0.4 is 5.73 Å². The summed E-state index contributed by atoms with van der Waals surface area (Å²) in [6.45, 7) is 2.80. The standard InChI is InChI=1S/C18H20ClNO/c1-12-8-14(10-15(19)9-12)17(20)11-18-16-5-3-2-4-13(16)6-7-21-18/h2-5,8-10,17-18H,6-7,11,20H2,1H3. The number of hydrogen-bond donors (Lipinski definition) is 1. The van der Waals surface area contributed by atoms with Gasteiger partial charge in [0.2, 0.25) is 0 Å². The minimum Gasteiger partial charge on any atom is -0.373 e. The highest BCUT2D eigenvalue weighted by Gasteiger charge is 2.23. The third kappa shape index (κ3) is 3.29. The SMILES string of the molecule is Cc1cc(Cl)cc(C(N)CC2OCCc3ccccc32)c1. The molecular weight excluding hydrogens is 282 g/mol. The van der Waals surface area contributed by atoms with Crippen LogP contribution in [0.5, 0.6) is 0 Å². The van der Waals surface area contributed by atoms with Crippen molar-refractivity contribution in [2.45, 2.75) is 31.9 Å². The molecule has 2 aromatic rings. The predicted octanol–water partition coefficient (Wildman–Crippen LogP) is 4.35. The summed E-state index contributed by atoms with van der Waals surface area (Å²) in [5, 5.41) is 0.741. The molecule has 2 unspecified atom stereocenters. The number of fused-ring (bicyclic) bond motifs is 1. The van der Waals surface area contributed by atoms with Crippen LogP contribution in [-0.2, 0) is 11.2 Å². The molecule has 0 saturated heterocycles. The number of benzene rings is 2. The van der Waals surface area contributed by atoms with Gasteiger partial charge in [0, 0.05) is 11.1 Å². The van der Waals surface area contributed by atoms with Crippen LogP contribution in [0.4, 0.5) is 0 Å². The van der Waals surface area contributed by atoms with Gasteiger partial charge >= 0.3 is 0 Å². The molecule has 110 valence electrons. The predicted molar refractivity (Wildman–Crippen MR) is 86.6 cm³/mol. The molecule has 0 saturated carbocycles. The molecule has 3 heteroatoms. The first-order valence-corrected chi connectivity index (χ1v) is 7.73. The maximum Gasteiger partial charge on any atom is 0.0845 e. The van der Waals surface area contributed by atoms with Crippen LogP contribution >= 0.6 is 11.6 Å². The number of ether oxygens (including phenoxy) is 1. The lowest BCUT2D eigenvalue weighted by Crippen LogP contribution is -2.21. The highest BCUT2D eigenvalue weighted by atomic mass is 35.5. The van der Waals surface area contributed by atoms with Crippen molar-refractivity contribution in [3.8, 4) is 0 Å². The maximum atomic E-state index is 6.38. The van der Waals surface area contributed by atoms with Crippen molar-refractivity contribution in [1.29, 1.82) is 0 Å². The number of rotatable bonds is 3. The summed E-state index contributed by atoms with van der Waals surface area (Å²) in [5.41, 5.74) is 11.2. The van der Waals surface area contributed by atoms with E-state index in [9.17, 15) is 0 Å². The Hall–Kier alpha value is -1.35. The minimum atomic E-state index is -0.0708. The summed E-state index contributed by atoms with van der Waals surface area (Å²) in [6.07, 6.45) is 1.83. The Balaban J connectivity index is 1.81. The Morgan fingerprint density at radius 3 is 2.90 bits per heavy atom. The summed E-state index contributed by atoms with van der Waals surface area (Å²) in [7, 11) is 0. The Kier molecular flexibility index (Phi) is 4.29. The zero-order valence-electron chi connectivity index (χ0n) is 12.2. The average molecular weight is 302 g/mol. The van der Waals surface area contributed by atoms with Crippen LogP contribution in [-0.4, -0.2) is 6.61 Å². The lowest BCUT2D eigenvalue weighted by molar-refractivity contribution is 0.0320. The normalized spacial score (nSPS) is 19.1. The number of hydrogen-bond acceptors (Lipinski definition) is 2. The van der Waals surface area contributed by atoms with Gasteiger partial charge in [0.15, 0.2) is 0 Å². The summed E-state index contributed by atoms with van der Waals surface area (Å²) in [5.74, 6) is 0. The summed E-state index contributed by atoms with van der Waals surface area (Å²) < 4.78 is 5.94. The molecule has 0 aromatic heterocycles. The van der Waals surface area contributed by atoms with E-state index in [0.717, 1.165) is 35.6 Å². The van der Waals surface area contributed by atoms with Gasteiger partial charge in [-0.3, -0.25) is 0 Å². The third-order valence-electron chi connectivity index (χ3n) is 4.05. The van der Waals surface area contributed by atoms with Crippen LogP contribution in [0.25, 0.3) is 0 Å². The van der Waals surface area contributed by atoms with Crippen LogP contribution in [0.1, 0.15) is 40.8 Å². The van der Waals surface area contributed by atoms with E-state index in [4.69, 9.17) is 22.1 Å². The molecule has 0 spiro atoms. The quantitative estimate of drug-likeness (QED) is 0.914. The Labute approximate surface area is 130 Å². The highest BCUT2D eigenvalue weighted by molar-refractivity contribution is 6.30. The third-order valence-corrected chi connectivity index (χ3v) is 4.27. The van der Waals surface area contributed by atoms with Gasteiger partial charge in [0.25, 0.3) is 0 Å². The zero-order valence-corrected chi connectivity index (χ0v) is 12.9. The molecule has 2 atom stereocenters. The topological polar surface area (TPSA) is 35.2 Å². The molecule has 21 heavy (non-hydrogen) atoms. The fraction of sp³-hybridized carbons (Fsp3) is 0.333. The van der Waals surface area contributed by atoms with Crippen molar-refractivity contribution in [3.05, 3.63) is 69.7 Å². The van der Waals surface area contributed by atoms with E-state index >= 15 is 0 Å². The van der Waals surface area contributed by atoms with E-state index in [1.54, 1.807) is 0 Å². The van der Waals surface area contributed by atoms with Crippen molar-refractivity contribution in [2.75, 3.05) is 6.61 Å². The second-order valence-electron chi connectivity index (χ2n) is 5.71. The molecule has 0 amide bonds. The smallest absolute Gasteiger partial charge is 0.0845 e. The van der Waals surface area contributed by atoms with Gasteiger partial charge in [0.05, 0.1) is 12.7 Å². The Morgan fingerprint density at radius 2 is 2.10 bits per heavy atom. The maximum absolute atomic E-state index is 6.38. The monoisotopic (exact) mass is 301 g/mol. The molecule has 1 aliphatic heterocycles. The van der Waals surface area contributed by atoms with Crippen molar-refractivity contribution < 1.29 is 4.74 Å². The zero-order chi connectivity index (χ0) is 14.8. The van der Waals surface area contributed by atoms with E-state index in [2.05, 4.69) is 30.3 Å². The first-order chi connectivity index (χ1) is 10.1. The molecule has 0 fully saturated rings. The molecule has 2 nitrogen and oxygen atoms in total. The van der Waals surface area contributed by atoms with Crippen molar-refractivity contribution >= 4 is 11.6 Å². The number of halogens is 1. The van der Waals surface area contributed by atoms with Crippen LogP contribution in [0.3, 0.4) is 0 Å². The molecule has 0 aliphatic carbocycles. The van der Waals surface area contributed by atoms with Gasteiger partial charge in [-0.15, -0.1) is 0 Å². The van der Waals surface area contributed by atoms with Gasteiger partial charge in [-0.1, -0.05) is 41.9 Å². The molecule has 2 aromatic carbocycles. The van der Waals surface area contributed by atoms with E-state index in [1.165, 1.54) is 11.1 Å². The van der Waals surface area contributed by atoms with E-state index in [0.29, 0.717) is 0 Å². The first kappa shape index (κ1) is 14.6. The molecule has 0 radical (unpaired) electrons. The Morgan fingerprint density at radius 1 is 1.29 bits per heavy atom. The van der Waals surface area contributed by atoms with Gasteiger partial charge in [0.1, 0.15) is 0 Å². The van der Waals surface area contributed by atoms with Gasteiger partial charge in [-0.05, 0) is 54.2 Å². The van der Waals surface area contributed by atoms with Gasteiger partial charge in [-0.25, -0.2) is 0 Å². The van der Waals surface area contributed by atoms with Gasteiger partial charge < -0.3 is 10.5 Å². The van der Waals surface area contributed by atoms with Crippen molar-refractivity contribution in [1.82, 2.24) is 0 Å². The van der Waals surface area contributed by atoms with E-state index in [1.807, 2.05) is 19.1 Å². The van der Waals surface area contributed by atoms with Crippen LogP contribution in [0.15, 0.2) is 42.5 Å². The summed E-state index contributed by atoms with van der Waals surface area (Å²) >= 11 is 6.13. The lowest BCUT2D eigenvalue weighted by atomic mass is 9.91. The van der Waals surface area contributed by atoms with Crippen molar-refractivity contribution in [2.24, 2.45) is 5.73 Å². The highest BCUT2D eigenvalue weighted by Crippen LogP contribution is 2.34. The first-order valence-electron chi connectivity index (χ1n) is 7.35. The van der Waals surface area contributed by atoms with Crippen LogP contribution in [0.2, 0.25) is 5.02 Å². The largest absolute Gasteiger partial charge is 0.373 e. The van der Waals surface area contributed by atoms with Crippen molar-refractivity contribution in [3.63, 3.8) is 0 Å². The second-order valence-corrected chi connectivity index (χ2v) is 6.15. The second kappa shape index (κ2) is 6.18. The average Bonchev–Trinajstić information content (AvgIpc) is 2.46. The Bertz CT molecular complexity index is 621. The molecule has 0 bridgehead atoms. The molecule has 1 aliphatic rings. The minimum absolute atomic E-state index is 0.0708. The molecule has 3 rings (SSSR count).